The van der Waals surface area contributed by atoms with Crippen LogP contribution < -0.4 is 10.6 Å². The number of nitrogens with one attached hydrogen (secondary N) is 2. The number of ether oxygens (including phenoxy) is 3. The average molecular weight is 725 g/mol. The third kappa shape index (κ3) is 8.52. The standard InChI is InChI=1S/C44H44N4O6/c1-29-40(26-48-28-46-37-13-6-7-14-39(37)48)53-43(54-41(29)34-17-15-31(27-49)16-18-34)35-21-19-33(20-22-35)36-12-8-11-32(23-36)25-45-44(51)47-38(42(50)52-2)24-30-9-4-3-5-10-30/h3-23,28-29,38,40-41,43,49H,24-27H2,1-2H3,(H2,45,47,51)/t29-,38-,40+,41+,43+/m0/s1. The van der Waals surface area contributed by atoms with Crippen LogP contribution >= 0.6 is 0 Å². The minimum Gasteiger partial charge on any atom is -0.467 e. The first-order valence-corrected chi connectivity index (χ1v) is 18.1. The van der Waals surface area contributed by atoms with E-state index in [9.17, 15) is 14.7 Å². The molecule has 1 fully saturated rings. The summed E-state index contributed by atoms with van der Waals surface area (Å²) in [7, 11) is 1.31. The Morgan fingerprint density at radius 2 is 1.54 bits per heavy atom. The summed E-state index contributed by atoms with van der Waals surface area (Å²) in [5, 5.41) is 15.2. The van der Waals surface area contributed by atoms with Crippen molar-refractivity contribution < 1.29 is 28.9 Å². The van der Waals surface area contributed by atoms with Crippen molar-refractivity contribution in [2.24, 2.45) is 5.92 Å². The number of urea groups is 1. The summed E-state index contributed by atoms with van der Waals surface area (Å²) in [6.45, 7) is 3.02. The van der Waals surface area contributed by atoms with Gasteiger partial charge < -0.3 is 34.5 Å². The molecule has 5 aromatic carbocycles. The number of carbonyl (C=O) groups excluding carboxylic acids is 2. The lowest BCUT2D eigenvalue weighted by atomic mass is 9.90. The predicted octanol–water partition coefficient (Wildman–Crippen LogP) is 7.27. The zero-order valence-electron chi connectivity index (χ0n) is 30.3. The zero-order chi connectivity index (χ0) is 37.4. The number of fused-ring (bicyclic) bond motifs is 1. The number of para-hydroxylation sites is 2. The molecule has 0 saturated carbocycles. The van der Waals surface area contributed by atoms with Crippen LogP contribution in [0.2, 0.25) is 0 Å². The van der Waals surface area contributed by atoms with Gasteiger partial charge in [0.1, 0.15) is 6.04 Å². The Labute approximate surface area is 314 Å². The number of aromatic nitrogens is 2. The molecular weight excluding hydrogens is 681 g/mol. The zero-order valence-corrected chi connectivity index (χ0v) is 30.3. The number of nitrogens with zero attached hydrogens (tertiary/aromatic N) is 2. The van der Waals surface area contributed by atoms with E-state index >= 15 is 0 Å². The minimum atomic E-state index is -0.814. The molecule has 1 aromatic heterocycles. The van der Waals surface area contributed by atoms with Crippen LogP contribution in [0.15, 0.2) is 134 Å². The van der Waals surface area contributed by atoms with Crippen LogP contribution in [-0.2, 0) is 45.1 Å². The fourth-order valence-electron chi connectivity index (χ4n) is 6.95. The summed E-state index contributed by atoms with van der Waals surface area (Å²) >= 11 is 0. The molecule has 6 aromatic rings. The van der Waals surface area contributed by atoms with Crippen molar-refractivity contribution in [1.29, 1.82) is 0 Å². The SMILES string of the molecule is COC(=O)[C@H](Cc1ccccc1)NC(=O)NCc1cccc(-c2ccc([C@@H]3O[C@H](Cn4cnc5ccccc54)[C@H](C)[C@H](c4ccc(CO)cc4)O3)cc2)c1. The van der Waals surface area contributed by atoms with Crippen molar-refractivity contribution in [2.75, 3.05) is 7.11 Å². The number of esters is 1. The lowest BCUT2D eigenvalue weighted by Crippen LogP contribution is -2.47. The second-order valence-electron chi connectivity index (χ2n) is 13.6. The third-order valence-electron chi connectivity index (χ3n) is 10.00. The van der Waals surface area contributed by atoms with Gasteiger partial charge in [-0.1, -0.05) is 116 Å². The monoisotopic (exact) mass is 724 g/mol. The van der Waals surface area contributed by atoms with Gasteiger partial charge in [-0.25, -0.2) is 14.6 Å². The van der Waals surface area contributed by atoms with Gasteiger partial charge in [-0.05, 0) is 51.6 Å². The van der Waals surface area contributed by atoms with Crippen molar-refractivity contribution in [3.05, 3.63) is 162 Å². The first kappa shape index (κ1) is 36.5. The van der Waals surface area contributed by atoms with E-state index in [0.717, 1.165) is 50.0 Å². The van der Waals surface area contributed by atoms with E-state index in [-0.39, 0.29) is 31.3 Å². The normalized spacial score (nSPS) is 18.9. The topological polar surface area (TPSA) is 124 Å². The maximum Gasteiger partial charge on any atom is 0.328 e. The summed E-state index contributed by atoms with van der Waals surface area (Å²) in [5.74, 6) is -0.483. The Balaban J connectivity index is 1.04. The van der Waals surface area contributed by atoms with Gasteiger partial charge in [-0.3, -0.25) is 0 Å². The van der Waals surface area contributed by atoms with Crippen molar-refractivity contribution in [3.8, 4) is 11.1 Å². The second kappa shape index (κ2) is 16.9. The second-order valence-corrected chi connectivity index (χ2v) is 13.6. The van der Waals surface area contributed by atoms with E-state index < -0.39 is 24.3 Å². The molecule has 2 amide bonds. The van der Waals surface area contributed by atoms with Crippen LogP contribution in [0.4, 0.5) is 4.79 Å². The van der Waals surface area contributed by atoms with Gasteiger partial charge in [-0.2, -0.15) is 0 Å². The molecule has 10 nitrogen and oxygen atoms in total. The van der Waals surface area contributed by atoms with Gasteiger partial charge >= 0.3 is 12.0 Å². The number of aliphatic hydroxyl groups is 1. The van der Waals surface area contributed by atoms with E-state index in [1.165, 1.54) is 7.11 Å². The van der Waals surface area contributed by atoms with E-state index in [0.29, 0.717) is 13.0 Å². The molecule has 0 radical (unpaired) electrons. The van der Waals surface area contributed by atoms with Gasteiger partial charge in [0.05, 0.1) is 49.8 Å². The predicted molar refractivity (Wildman–Crippen MR) is 206 cm³/mol. The van der Waals surface area contributed by atoms with Crippen molar-refractivity contribution >= 4 is 23.0 Å². The lowest BCUT2D eigenvalue weighted by molar-refractivity contribution is -0.276. The fraction of sp³-hybridized carbons (Fsp3) is 0.250. The van der Waals surface area contributed by atoms with E-state index in [4.69, 9.17) is 14.2 Å². The molecule has 0 spiro atoms. The first-order chi connectivity index (χ1) is 26.4. The molecular formula is C44H44N4O6. The Morgan fingerprint density at radius 3 is 2.30 bits per heavy atom. The maximum atomic E-state index is 12.8. The molecule has 0 aliphatic carbocycles. The van der Waals surface area contributed by atoms with Crippen molar-refractivity contribution in [2.45, 2.75) is 57.6 Å². The molecule has 1 saturated heterocycles. The largest absolute Gasteiger partial charge is 0.467 e. The summed E-state index contributed by atoms with van der Waals surface area (Å²) in [5.41, 5.74) is 8.58. The van der Waals surface area contributed by atoms with Crippen molar-refractivity contribution in [1.82, 2.24) is 20.2 Å². The average Bonchev–Trinajstić information content (AvgIpc) is 3.63. The van der Waals surface area contributed by atoms with E-state index in [2.05, 4.69) is 33.2 Å². The summed E-state index contributed by atoms with van der Waals surface area (Å²) in [6, 6.07) is 40.3. The number of methoxy groups -OCH3 is 1. The smallest absolute Gasteiger partial charge is 0.328 e. The molecule has 0 bridgehead atoms. The summed E-state index contributed by atoms with van der Waals surface area (Å²) < 4.78 is 20.5. The number of aliphatic hydroxyl groups excluding tert-OH is 1. The molecule has 5 atom stereocenters. The number of hydrogen-bond acceptors (Lipinski definition) is 7. The Kier molecular flexibility index (Phi) is 11.4. The fourth-order valence-corrected chi connectivity index (χ4v) is 6.95. The molecule has 2 heterocycles. The van der Waals surface area contributed by atoms with Gasteiger partial charge in [0.25, 0.3) is 0 Å². The molecule has 54 heavy (non-hydrogen) atoms. The van der Waals surface area contributed by atoms with Crippen LogP contribution in [-0.4, -0.2) is 45.9 Å². The molecule has 1 aliphatic heterocycles. The van der Waals surface area contributed by atoms with Crippen LogP contribution in [0.5, 0.6) is 0 Å². The highest BCUT2D eigenvalue weighted by Crippen LogP contribution is 2.42. The molecule has 276 valence electrons. The van der Waals surface area contributed by atoms with Gasteiger partial charge in [-0.15, -0.1) is 0 Å². The van der Waals surface area contributed by atoms with Crippen molar-refractivity contribution in [3.63, 3.8) is 0 Å². The molecule has 7 rings (SSSR count). The number of amides is 2. The quantitative estimate of drug-likeness (QED) is 0.114. The van der Waals surface area contributed by atoms with Crippen LogP contribution in [0, 0.1) is 5.92 Å². The Bertz CT molecular complexity index is 2170. The molecule has 1 aliphatic rings. The lowest BCUT2D eigenvalue weighted by Gasteiger charge is -2.41. The highest BCUT2D eigenvalue weighted by atomic mass is 16.7. The van der Waals surface area contributed by atoms with Crippen LogP contribution in [0.25, 0.3) is 22.2 Å². The highest BCUT2D eigenvalue weighted by molar-refractivity contribution is 5.83. The molecule has 10 heteroatoms. The maximum absolute atomic E-state index is 12.8. The van der Waals surface area contributed by atoms with Crippen LogP contribution in [0.3, 0.4) is 0 Å². The van der Waals surface area contributed by atoms with E-state index in [1.807, 2.05) is 128 Å². The number of hydrogen-bond donors (Lipinski definition) is 3. The van der Waals surface area contributed by atoms with Gasteiger partial charge in [0.2, 0.25) is 0 Å². The minimum absolute atomic E-state index is 0.0167. The van der Waals surface area contributed by atoms with Gasteiger partial charge in [0, 0.05) is 24.4 Å². The molecule has 3 N–H and O–H groups in total. The number of carbonyl (C=O) groups is 2. The molecule has 0 unspecified atom stereocenters. The first-order valence-electron chi connectivity index (χ1n) is 18.1. The van der Waals surface area contributed by atoms with E-state index in [1.54, 1.807) is 0 Å². The number of benzene rings is 5. The number of imidazole rings is 1. The number of rotatable bonds is 12. The Hall–Kier alpha value is -5.81. The van der Waals surface area contributed by atoms with Crippen LogP contribution in [0.1, 0.15) is 47.1 Å². The highest BCUT2D eigenvalue weighted by Gasteiger charge is 2.38. The summed E-state index contributed by atoms with van der Waals surface area (Å²) in [6.07, 6.45) is 1.17. The Morgan fingerprint density at radius 1 is 0.815 bits per heavy atom. The van der Waals surface area contributed by atoms with Gasteiger partial charge in [0.15, 0.2) is 6.29 Å². The summed E-state index contributed by atoms with van der Waals surface area (Å²) in [4.78, 5) is 29.8. The third-order valence-corrected chi connectivity index (χ3v) is 10.00.